The molecule has 0 amide bonds. The molecule has 0 aromatic rings. The Hall–Kier alpha value is -2.46. The van der Waals surface area contributed by atoms with Crippen LogP contribution in [0.5, 0.6) is 0 Å². The van der Waals surface area contributed by atoms with Gasteiger partial charge >= 0.3 is 23.9 Å². The molecule has 10 nitrogen and oxygen atoms in total. The van der Waals surface area contributed by atoms with E-state index in [0.29, 0.717) is 12.8 Å². The van der Waals surface area contributed by atoms with Crippen LogP contribution < -0.4 is 0 Å². The van der Waals surface area contributed by atoms with E-state index in [1.807, 2.05) is 0 Å². The van der Waals surface area contributed by atoms with E-state index in [2.05, 4.69) is 6.58 Å². The van der Waals surface area contributed by atoms with Crippen molar-refractivity contribution in [3.63, 3.8) is 0 Å². The molecule has 164 valence electrons. The third kappa shape index (κ3) is 8.61. The normalized spacial score (nSPS) is 26.1. The number of allylic oxidation sites excluding steroid dienone is 1. The van der Waals surface area contributed by atoms with Gasteiger partial charge in [0.25, 0.3) is 0 Å². The zero-order chi connectivity index (χ0) is 22.0. The summed E-state index contributed by atoms with van der Waals surface area (Å²) in [5.41, 5.74) is 0. The SMILES string of the molecule is C=CCCCOC1O[C@H](COC(C)=O)[C@@H](OC(C)=O)[C@H](OC(C)=O)[C@@H]1OC(C)=O. The number of esters is 4. The molecule has 5 atom stereocenters. The molecule has 1 aliphatic heterocycles. The van der Waals surface area contributed by atoms with Gasteiger partial charge in [0.1, 0.15) is 12.7 Å². The molecule has 1 unspecified atom stereocenters. The first-order valence-electron chi connectivity index (χ1n) is 9.18. The molecule has 1 fully saturated rings. The Morgan fingerprint density at radius 3 is 1.93 bits per heavy atom. The molecule has 0 saturated carbocycles. The smallest absolute Gasteiger partial charge is 0.303 e. The predicted octanol–water partition coefficient (Wildman–Crippen LogP) is 1.05. The molecule has 1 heterocycles. The molecule has 0 spiro atoms. The minimum atomic E-state index is -1.22. The van der Waals surface area contributed by atoms with Crippen molar-refractivity contribution in [1.82, 2.24) is 0 Å². The maximum absolute atomic E-state index is 11.7. The summed E-state index contributed by atoms with van der Waals surface area (Å²) in [5.74, 6) is -2.63. The average Bonchev–Trinajstić information content (AvgIpc) is 2.60. The second-order valence-electron chi connectivity index (χ2n) is 6.37. The van der Waals surface area contributed by atoms with Gasteiger partial charge in [-0.1, -0.05) is 6.08 Å². The van der Waals surface area contributed by atoms with Crippen LogP contribution in [0.2, 0.25) is 0 Å². The maximum Gasteiger partial charge on any atom is 0.303 e. The van der Waals surface area contributed by atoms with Crippen LogP contribution in [0.25, 0.3) is 0 Å². The molecule has 0 radical (unpaired) electrons. The van der Waals surface area contributed by atoms with Crippen molar-refractivity contribution < 1.29 is 47.6 Å². The summed E-state index contributed by atoms with van der Waals surface area (Å²) >= 11 is 0. The molecular weight excluding hydrogens is 388 g/mol. The van der Waals surface area contributed by atoms with E-state index in [-0.39, 0.29) is 13.2 Å². The number of hydrogen-bond acceptors (Lipinski definition) is 10. The van der Waals surface area contributed by atoms with Gasteiger partial charge < -0.3 is 28.4 Å². The van der Waals surface area contributed by atoms with E-state index in [9.17, 15) is 19.2 Å². The van der Waals surface area contributed by atoms with Crippen LogP contribution in [-0.4, -0.2) is 67.8 Å². The van der Waals surface area contributed by atoms with E-state index in [0.717, 1.165) is 13.8 Å². The van der Waals surface area contributed by atoms with Gasteiger partial charge in [0, 0.05) is 27.7 Å². The second kappa shape index (κ2) is 12.2. The lowest BCUT2D eigenvalue weighted by Gasteiger charge is -2.44. The van der Waals surface area contributed by atoms with Crippen LogP contribution in [0.15, 0.2) is 12.7 Å². The highest BCUT2D eigenvalue weighted by Gasteiger charge is 2.52. The third-order valence-corrected chi connectivity index (χ3v) is 3.78. The van der Waals surface area contributed by atoms with Gasteiger partial charge in [-0.2, -0.15) is 0 Å². The van der Waals surface area contributed by atoms with Gasteiger partial charge in [-0.05, 0) is 12.8 Å². The third-order valence-electron chi connectivity index (χ3n) is 3.78. The number of rotatable bonds is 10. The van der Waals surface area contributed by atoms with Gasteiger partial charge in [-0.25, -0.2) is 0 Å². The highest BCUT2D eigenvalue weighted by molar-refractivity contribution is 5.68. The standard InChI is InChI=1S/C19H28O10/c1-6-7-8-9-24-19-18(28-14(5)23)17(27-13(4)22)16(26-12(3)21)15(29-19)10-25-11(2)20/h6,15-19H,1,7-10H2,2-5H3/t15-,16-,17+,18+,19?/m1/s1. The van der Waals surface area contributed by atoms with Gasteiger partial charge in [0.05, 0.1) is 6.61 Å². The van der Waals surface area contributed by atoms with Gasteiger partial charge in [0.15, 0.2) is 24.6 Å². The van der Waals surface area contributed by atoms with Crippen molar-refractivity contribution in [3.8, 4) is 0 Å². The van der Waals surface area contributed by atoms with Crippen molar-refractivity contribution in [2.45, 2.75) is 71.2 Å². The number of ether oxygens (including phenoxy) is 6. The first kappa shape index (κ1) is 24.6. The van der Waals surface area contributed by atoms with Crippen LogP contribution in [0.3, 0.4) is 0 Å². The van der Waals surface area contributed by atoms with Crippen molar-refractivity contribution in [2.24, 2.45) is 0 Å². The molecule has 1 aliphatic rings. The fourth-order valence-corrected chi connectivity index (χ4v) is 2.75. The summed E-state index contributed by atoms with van der Waals surface area (Å²) < 4.78 is 32.3. The lowest BCUT2D eigenvalue weighted by atomic mass is 9.98. The zero-order valence-corrected chi connectivity index (χ0v) is 17.1. The van der Waals surface area contributed by atoms with E-state index in [4.69, 9.17) is 28.4 Å². The van der Waals surface area contributed by atoms with Crippen LogP contribution in [0, 0.1) is 0 Å². The first-order valence-corrected chi connectivity index (χ1v) is 9.18. The van der Waals surface area contributed by atoms with E-state index >= 15 is 0 Å². The summed E-state index contributed by atoms with van der Waals surface area (Å²) in [6.07, 6.45) is -2.73. The summed E-state index contributed by atoms with van der Waals surface area (Å²) in [6.45, 7) is 8.27. The lowest BCUT2D eigenvalue weighted by molar-refractivity contribution is -0.308. The Kier molecular flexibility index (Phi) is 10.3. The molecule has 0 bridgehead atoms. The van der Waals surface area contributed by atoms with Crippen LogP contribution in [-0.2, 0) is 47.6 Å². The molecule has 0 N–H and O–H groups in total. The van der Waals surface area contributed by atoms with Crippen molar-refractivity contribution >= 4 is 23.9 Å². The predicted molar refractivity (Wildman–Crippen MR) is 97.3 cm³/mol. The average molecular weight is 416 g/mol. The van der Waals surface area contributed by atoms with Gasteiger partial charge in [-0.3, -0.25) is 19.2 Å². The number of carbonyl (C=O) groups excluding carboxylic acids is 4. The number of unbranched alkanes of at least 4 members (excludes halogenated alkanes) is 1. The summed E-state index contributed by atoms with van der Waals surface area (Å²) in [5, 5.41) is 0. The summed E-state index contributed by atoms with van der Waals surface area (Å²) in [7, 11) is 0. The van der Waals surface area contributed by atoms with Crippen molar-refractivity contribution in [3.05, 3.63) is 12.7 Å². The Balaban J connectivity index is 3.19. The van der Waals surface area contributed by atoms with Gasteiger partial charge in [-0.15, -0.1) is 6.58 Å². The second-order valence-corrected chi connectivity index (χ2v) is 6.37. The topological polar surface area (TPSA) is 124 Å². The minimum absolute atomic E-state index is 0.236. The fraction of sp³-hybridized carbons (Fsp3) is 0.684. The number of carbonyl (C=O) groups is 4. The Bertz CT molecular complexity index is 602. The summed E-state index contributed by atoms with van der Waals surface area (Å²) in [4.78, 5) is 46.1. The zero-order valence-electron chi connectivity index (χ0n) is 17.1. The lowest BCUT2D eigenvalue weighted by Crippen LogP contribution is -2.63. The Labute approximate surface area is 169 Å². The summed E-state index contributed by atoms with van der Waals surface area (Å²) in [6, 6.07) is 0. The molecule has 1 rings (SSSR count). The molecule has 0 aromatic carbocycles. The van der Waals surface area contributed by atoms with Crippen LogP contribution in [0.4, 0.5) is 0 Å². The van der Waals surface area contributed by atoms with Crippen LogP contribution >= 0.6 is 0 Å². The highest BCUT2D eigenvalue weighted by atomic mass is 16.7. The molecule has 10 heteroatoms. The number of hydrogen-bond donors (Lipinski definition) is 0. The Morgan fingerprint density at radius 2 is 1.41 bits per heavy atom. The van der Waals surface area contributed by atoms with E-state index < -0.39 is 54.6 Å². The Morgan fingerprint density at radius 1 is 0.862 bits per heavy atom. The molecular formula is C19H28O10. The minimum Gasteiger partial charge on any atom is -0.463 e. The fourth-order valence-electron chi connectivity index (χ4n) is 2.75. The van der Waals surface area contributed by atoms with Crippen LogP contribution in [0.1, 0.15) is 40.5 Å². The van der Waals surface area contributed by atoms with E-state index in [1.54, 1.807) is 6.08 Å². The van der Waals surface area contributed by atoms with Gasteiger partial charge in [0.2, 0.25) is 0 Å². The first-order chi connectivity index (χ1) is 13.6. The molecule has 0 aliphatic carbocycles. The highest BCUT2D eigenvalue weighted by Crippen LogP contribution is 2.30. The molecule has 0 aromatic heterocycles. The molecule has 29 heavy (non-hydrogen) atoms. The van der Waals surface area contributed by atoms with Crippen molar-refractivity contribution in [1.29, 1.82) is 0 Å². The quantitative estimate of drug-likeness (QED) is 0.221. The van der Waals surface area contributed by atoms with E-state index in [1.165, 1.54) is 13.8 Å². The largest absolute Gasteiger partial charge is 0.463 e. The molecule has 1 saturated heterocycles. The van der Waals surface area contributed by atoms with Crippen molar-refractivity contribution in [2.75, 3.05) is 13.2 Å². The maximum atomic E-state index is 11.7. The monoisotopic (exact) mass is 416 g/mol.